The molecular weight excluding hydrogens is 226 g/mol. The summed E-state index contributed by atoms with van der Waals surface area (Å²) in [6.07, 6.45) is 1.71. The minimum Gasteiger partial charge on any atom is -0.336 e. The molecule has 18 heavy (non-hydrogen) atoms. The first-order valence-electron chi connectivity index (χ1n) is 6.20. The Morgan fingerprint density at radius 1 is 1.17 bits per heavy atom. The summed E-state index contributed by atoms with van der Waals surface area (Å²) >= 11 is 0. The summed E-state index contributed by atoms with van der Waals surface area (Å²) in [5, 5.41) is 4.19. The number of nitrogens with one attached hydrogen (secondary N) is 1. The number of fused-ring (bicyclic) bond motifs is 1. The van der Waals surface area contributed by atoms with E-state index >= 15 is 0 Å². The van der Waals surface area contributed by atoms with Gasteiger partial charge in [-0.15, -0.1) is 0 Å². The molecule has 0 unspecified atom stereocenters. The Hall–Kier alpha value is -1.94. The van der Waals surface area contributed by atoms with Gasteiger partial charge >= 0.3 is 0 Å². The van der Waals surface area contributed by atoms with Crippen LogP contribution >= 0.6 is 0 Å². The molecule has 0 spiro atoms. The summed E-state index contributed by atoms with van der Waals surface area (Å²) in [5.41, 5.74) is 1.63. The van der Waals surface area contributed by atoms with Crippen molar-refractivity contribution in [3.8, 4) is 0 Å². The van der Waals surface area contributed by atoms with Crippen LogP contribution in [0, 0.1) is 0 Å². The molecule has 1 aromatic carbocycles. The lowest BCUT2D eigenvalue weighted by molar-refractivity contribution is 0.0737. The van der Waals surface area contributed by atoms with E-state index in [1.54, 1.807) is 6.20 Å². The van der Waals surface area contributed by atoms with Crippen molar-refractivity contribution in [1.82, 2.24) is 15.2 Å². The quantitative estimate of drug-likeness (QED) is 0.818. The lowest BCUT2D eigenvalue weighted by Gasteiger charge is -2.27. The molecule has 1 aliphatic rings. The van der Waals surface area contributed by atoms with Gasteiger partial charge in [0.1, 0.15) is 0 Å². The summed E-state index contributed by atoms with van der Waals surface area (Å²) in [6, 6.07) is 9.58. The van der Waals surface area contributed by atoms with Gasteiger partial charge in [0.25, 0.3) is 5.91 Å². The van der Waals surface area contributed by atoms with Crippen molar-refractivity contribution in [2.24, 2.45) is 0 Å². The largest absolute Gasteiger partial charge is 0.336 e. The molecule has 1 aromatic heterocycles. The maximum Gasteiger partial charge on any atom is 0.254 e. The zero-order valence-corrected chi connectivity index (χ0v) is 10.1. The number of hydrogen-bond acceptors (Lipinski definition) is 3. The number of para-hydroxylation sites is 1. The van der Waals surface area contributed by atoms with Gasteiger partial charge in [0, 0.05) is 37.8 Å². The zero-order chi connectivity index (χ0) is 12.4. The average Bonchev–Trinajstić information content (AvgIpc) is 2.47. The van der Waals surface area contributed by atoms with Gasteiger partial charge in [-0.1, -0.05) is 18.2 Å². The van der Waals surface area contributed by atoms with Crippen LogP contribution in [0.3, 0.4) is 0 Å². The molecular formula is C14H15N3O. The van der Waals surface area contributed by atoms with Gasteiger partial charge in [0.05, 0.1) is 11.1 Å². The number of amides is 1. The normalized spacial score (nSPS) is 15.9. The highest BCUT2D eigenvalue weighted by atomic mass is 16.2. The fourth-order valence-electron chi connectivity index (χ4n) is 2.32. The van der Waals surface area contributed by atoms with Crippen LogP contribution in [-0.2, 0) is 0 Å². The SMILES string of the molecule is O=C(c1ccnc2ccccc12)N1CCNCC1. The Bertz CT molecular complexity index is 571. The summed E-state index contributed by atoms with van der Waals surface area (Å²) in [6.45, 7) is 3.29. The zero-order valence-electron chi connectivity index (χ0n) is 10.1. The molecule has 3 rings (SSSR count). The number of benzene rings is 1. The van der Waals surface area contributed by atoms with Gasteiger partial charge in [-0.05, 0) is 12.1 Å². The minimum atomic E-state index is 0.107. The molecule has 1 fully saturated rings. The summed E-state index contributed by atoms with van der Waals surface area (Å²) in [5.74, 6) is 0.107. The van der Waals surface area contributed by atoms with Gasteiger partial charge in [-0.2, -0.15) is 0 Å². The highest BCUT2D eigenvalue weighted by molar-refractivity contribution is 6.05. The third-order valence-corrected chi connectivity index (χ3v) is 3.28. The predicted molar refractivity (Wildman–Crippen MR) is 70.5 cm³/mol. The second kappa shape index (κ2) is 4.74. The van der Waals surface area contributed by atoms with Crippen molar-refractivity contribution in [2.75, 3.05) is 26.2 Å². The Balaban J connectivity index is 2.00. The second-order valence-electron chi connectivity index (χ2n) is 4.42. The number of carbonyl (C=O) groups excluding carboxylic acids is 1. The van der Waals surface area contributed by atoms with Crippen LogP contribution in [0.2, 0.25) is 0 Å². The number of rotatable bonds is 1. The maximum absolute atomic E-state index is 12.5. The van der Waals surface area contributed by atoms with Crippen molar-refractivity contribution in [2.45, 2.75) is 0 Å². The number of aromatic nitrogens is 1. The molecule has 0 bridgehead atoms. The average molecular weight is 241 g/mol. The highest BCUT2D eigenvalue weighted by Gasteiger charge is 2.19. The standard InChI is InChI=1S/C14H15N3O/c18-14(17-9-7-15-8-10-17)12-5-6-16-13-4-2-1-3-11(12)13/h1-6,15H,7-10H2. The predicted octanol–water partition coefficient (Wildman–Crippen LogP) is 1.28. The van der Waals surface area contributed by atoms with Crippen molar-refractivity contribution in [1.29, 1.82) is 0 Å². The van der Waals surface area contributed by atoms with Gasteiger partial charge in [-0.25, -0.2) is 0 Å². The third kappa shape index (κ3) is 1.95. The van der Waals surface area contributed by atoms with E-state index in [2.05, 4.69) is 10.3 Å². The fourth-order valence-corrected chi connectivity index (χ4v) is 2.32. The molecule has 0 saturated carbocycles. The summed E-state index contributed by atoms with van der Waals surface area (Å²) in [7, 11) is 0. The monoisotopic (exact) mass is 241 g/mol. The first kappa shape index (κ1) is 11.2. The Kier molecular flexibility index (Phi) is 2.94. The Labute approximate surface area is 106 Å². The molecule has 1 N–H and O–H groups in total. The van der Waals surface area contributed by atoms with Crippen LogP contribution < -0.4 is 5.32 Å². The van der Waals surface area contributed by atoms with Crippen molar-refractivity contribution in [3.05, 3.63) is 42.1 Å². The molecule has 1 aliphatic heterocycles. The van der Waals surface area contributed by atoms with Gasteiger partial charge in [0.2, 0.25) is 0 Å². The molecule has 0 aliphatic carbocycles. The number of hydrogen-bond donors (Lipinski definition) is 1. The number of piperazine rings is 1. The first-order chi connectivity index (χ1) is 8.86. The van der Waals surface area contributed by atoms with Crippen LogP contribution in [0.15, 0.2) is 36.5 Å². The highest BCUT2D eigenvalue weighted by Crippen LogP contribution is 2.18. The second-order valence-corrected chi connectivity index (χ2v) is 4.42. The molecule has 2 heterocycles. The van der Waals surface area contributed by atoms with E-state index < -0.39 is 0 Å². The molecule has 0 atom stereocenters. The van der Waals surface area contributed by atoms with Crippen molar-refractivity contribution >= 4 is 16.8 Å². The molecule has 92 valence electrons. The summed E-state index contributed by atoms with van der Waals surface area (Å²) in [4.78, 5) is 18.7. The van der Waals surface area contributed by atoms with E-state index in [1.807, 2.05) is 35.2 Å². The molecule has 4 heteroatoms. The number of nitrogens with zero attached hydrogens (tertiary/aromatic N) is 2. The Morgan fingerprint density at radius 2 is 1.94 bits per heavy atom. The van der Waals surface area contributed by atoms with E-state index in [-0.39, 0.29) is 5.91 Å². The van der Waals surface area contributed by atoms with Crippen LogP contribution in [0.4, 0.5) is 0 Å². The number of pyridine rings is 1. The van der Waals surface area contributed by atoms with Gasteiger partial charge in [-0.3, -0.25) is 9.78 Å². The van der Waals surface area contributed by atoms with Crippen LogP contribution in [0.1, 0.15) is 10.4 Å². The smallest absolute Gasteiger partial charge is 0.254 e. The van der Waals surface area contributed by atoms with Gasteiger partial charge < -0.3 is 10.2 Å². The molecule has 2 aromatic rings. The summed E-state index contributed by atoms with van der Waals surface area (Å²) < 4.78 is 0. The topological polar surface area (TPSA) is 45.2 Å². The lowest BCUT2D eigenvalue weighted by atomic mass is 10.1. The minimum absolute atomic E-state index is 0.107. The van der Waals surface area contributed by atoms with Crippen molar-refractivity contribution in [3.63, 3.8) is 0 Å². The van der Waals surface area contributed by atoms with Crippen LogP contribution in [-0.4, -0.2) is 42.0 Å². The number of carbonyl (C=O) groups is 1. The molecule has 4 nitrogen and oxygen atoms in total. The van der Waals surface area contributed by atoms with Crippen LogP contribution in [0.5, 0.6) is 0 Å². The van der Waals surface area contributed by atoms with E-state index in [0.29, 0.717) is 0 Å². The van der Waals surface area contributed by atoms with Crippen LogP contribution in [0.25, 0.3) is 10.9 Å². The van der Waals surface area contributed by atoms with Gasteiger partial charge in [0.15, 0.2) is 0 Å². The lowest BCUT2D eigenvalue weighted by Crippen LogP contribution is -2.46. The van der Waals surface area contributed by atoms with E-state index in [0.717, 1.165) is 42.6 Å². The fraction of sp³-hybridized carbons (Fsp3) is 0.286. The third-order valence-electron chi connectivity index (χ3n) is 3.28. The molecule has 1 amide bonds. The van der Waals surface area contributed by atoms with E-state index in [9.17, 15) is 4.79 Å². The van der Waals surface area contributed by atoms with Crippen molar-refractivity contribution < 1.29 is 4.79 Å². The first-order valence-corrected chi connectivity index (χ1v) is 6.20. The van der Waals surface area contributed by atoms with E-state index in [4.69, 9.17) is 0 Å². The maximum atomic E-state index is 12.5. The molecule has 1 saturated heterocycles. The Morgan fingerprint density at radius 3 is 2.78 bits per heavy atom. The molecule has 0 radical (unpaired) electrons. The van der Waals surface area contributed by atoms with E-state index in [1.165, 1.54) is 0 Å².